The van der Waals surface area contributed by atoms with Crippen LogP contribution in [0.4, 0.5) is 5.13 Å². The van der Waals surface area contributed by atoms with Gasteiger partial charge in [0, 0.05) is 0 Å². The summed E-state index contributed by atoms with van der Waals surface area (Å²) in [5.41, 5.74) is 0. The molecule has 7 heteroatoms. The number of amides is 1. The highest BCUT2D eigenvalue weighted by atomic mass is 32.2. The molecule has 0 saturated carbocycles. The maximum Gasteiger partial charge on any atom is 0.267 e. The van der Waals surface area contributed by atoms with Crippen LogP contribution in [0, 0.1) is 0 Å². The zero-order chi connectivity index (χ0) is 17.6. The molecule has 0 radical (unpaired) electrons. The topological polar surface area (TPSA) is 64.1 Å². The van der Waals surface area contributed by atoms with Gasteiger partial charge in [-0.05, 0) is 35.1 Å². The fourth-order valence-corrected chi connectivity index (χ4v) is 4.01. The predicted molar refractivity (Wildman–Crippen MR) is 104 cm³/mol. The van der Waals surface area contributed by atoms with E-state index in [2.05, 4.69) is 22.4 Å². The van der Waals surface area contributed by atoms with E-state index in [0.29, 0.717) is 17.3 Å². The fourth-order valence-electron chi connectivity index (χ4n) is 2.36. The van der Waals surface area contributed by atoms with E-state index < -0.39 is 6.10 Å². The van der Waals surface area contributed by atoms with Gasteiger partial charge in [-0.1, -0.05) is 67.3 Å². The van der Waals surface area contributed by atoms with Crippen LogP contribution in [0.1, 0.15) is 20.3 Å². The Kier molecular flexibility index (Phi) is 5.88. The van der Waals surface area contributed by atoms with Crippen LogP contribution in [0.25, 0.3) is 10.8 Å². The molecule has 5 nitrogen and oxygen atoms in total. The first-order valence-electron chi connectivity index (χ1n) is 8.12. The van der Waals surface area contributed by atoms with Gasteiger partial charge in [0.15, 0.2) is 10.4 Å². The highest BCUT2D eigenvalue weighted by Crippen LogP contribution is 2.26. The monoisotopic (exact) mass is 373 g/mol. The van der Waals surface area contributed by atoms with Crippen LogP contribution in [-0.2, 0) is 4.79 Å². The molecule has 1 amide bonds. The Morgan fingerprint density at radius 2 is 2.00 bits per heavy atom. The molecule has 0 saturated heterocycles. The zero-order valence-electron chi connectivity index (χ0n) is 14.1. The van der Waals surface area contributed by atoms with Gasteiger partial charge in [0.2, 0.25) is 5.13 Å². The second-order valence-corrected chi connectivity index (χ2v) is 7.81. The number of thioether (sulfide) groups is 1. The molecule has 1 unspecified atom stereocenters. The minimum Gasteiger partial charge on any atom is -0.481 e. The van der Waals surface area contributed by atoms with E-state index in [1.165, 1.54) is 11.3 Å². The summed E-state index contributed by atoms with van der Waals surface area (Å²) in [7, 11) is 0. The lowest BCUT2D eigenvalue weighted by molar-refractivity contribution is -0.122. The smallest absolute Gasteiger partial charge is 0.267 e. The molecule has 2 aromatic carbocycles. The summed E-state index contributed by atoms with van der Waals surface area (Å²) in [4.78, 5) is 12.5. The third-order valence-electron chi connectivity index (χ3n) is 3.57. The van der Waals surface area contributed by atoms with Crippen molar-refractivity contribution in [3.8, 4) is 5.75 Å². The molecule has 130 valence electrons. The van der Waals surface area contributed by atoms with Crippen molar-refractivity contribution in [3.63, 3.8) is 0 Å². The third-order valence-corrected chi connectivity index (χ3v) is 5.42. The van der Waals surface area contributed by atoms with Crippen LogP contribution in [0.3, 0.4) is 0 Å². The summed E-state index contributed by atoms with van der Waals surface area (Å²) in [6.07, 6.45) is -0.0130. The first-order chi connectivity index (χ1) is 12.2. The average Bonchev–Trinajstić information content (AvgIpc) is 3.06. The number of nitrogens with zero attached hydrogens (tertiary/aromatic N) is 2. The first-order valence-corrected chi connectivity index (χ1v) is 9.92. The molecule has 1 heterocycles. The lowest BCUT2D eigenvalue weighted by atomic mass is 10.1. The Bertz CT molecular complexity index is 866. The van der Waals surface area contributed by atoms with Crippen molar-refractivity contribution in [2.75, 3.05) is 11.1 Å². The summed E-state index contributed by atoms with van der Waals surface area (Å²) < 4.78 is 6.75. The van der Waals surface area contributed by atoms with E-state index in [9.17, 15) is 4.79 Å². The van der Waals surface area contributed by atoms with Crippen LogP contribution in [0.2, 0.25) is 0 Å². The molecule has 0 bridgehead atoms. The molecule has 0 fully saturated rings. The first kappa shape index (κ1) is 17.7. The lowest BCUT2D eigenvalue weighted by Gasteiger charge is -2.16. The van der Waals surface area contributed by atoms with Gasteiger partial charge in [-0.3, -0.25) is 10.1 Å². The SMILES string of the molecule is CCSc1nnc(NC(=O)C(CC)Oc2ccc3ccccc3c2)s1. The van der Waals surface area contributed by atoms with Crippen LogP contribution in [0.5, 0.6) is 5.75 Å². The van der Waals surface area contributed by atoms with Crippen molar-refractivity contribution in [1.29, 1.82) is 0 Å². The summed E-state index contributed by atoms with van der Waals surface area (Å²) in [6.45, 7) is 3.97. The molecule has 0 aliphatic rings. The lowest BCUT2D eigenvalue weighted by Crippen LogP contribution is -2.32. The number of hydrogen-bond acceptors (Lipinski definition) is 6. The van der Waals surface area contributed by atoms with Gasteiger partial charge >= 0.3 is 0 Å². The van der Waals surface area contributed by atoms with Crippen molar-refractivity contribution in [3.05, 3.63) is 42.5 Å². The molecule has 25 heavy (non-hydrogen) atoms. The van der Waals surface area contributed by atoms with Gasteiger partial charge in [-0.25, -0.2) is 0 Å². The van der Waals surface area contributed by atoms with E-state index in [1.807, 2.05) is 49.4 Å². The van der Waals surface area contributed by atoms with Gasteiger partial charge in [0.1, 0.15) is 5.75 Å². The summed E-state index contributed by atoms with van der Waals surface area (Å²) in [6, 6.07) is 13.9. The Labute approximate surface area is 154 Å². The maximum atomic E-state index is 12.5. The Morgan fingerprint density at radius 3 is 2.76 bits per heavy atom. The highest BCUT2D eigenvalue weighted by Gasteiger charge is 2.20. The van der Waals surface area contributed by atoms with Crippen molar-refractivity contribution < 1.29 is 9.53 Å². The van der Waals surface area contributed by atoms with Gasteiger partial charge in [0.05, 0.1) is 0 Å². The van der Waals surface area contributed by atoms with Gasteiger partial charge in [0.25, 0.3) is 5.91 Å². The molecule has 1 N–H and O–H groups in total. The zero-order valence-corrected chi connectivity index (χ0v) is 15.7. The van der Waals surface area contributed by atoms with E-state index >= 15 is 0 Å². The summed E-state index contributed by atoms with van der Waals surface area (Å²) >= 11 is 2.98. The number of anilines is 1. The van der Waals surface area contributed by atoms with E-state index in [1.54, 1.807) is 11.8 Å². The number of aromatic nitrogens is 2. The minimum atomic E-state index is -0.577. The van der Waals surface area contributed by atoms with Crippen molar-refractivity contribution in [1.82, 2.24) is 10.2 Å². The van der Waals surface area contributed by atoms with Crippen LogP contribution < -0.4 is 10.1 Å². The second kappa shape index (κ2) is 8.31. The van der Waals surface area contributed by atoms with Crippen LogP contribution in [-0.4, -0.2) is 28.0 Å². The van der Waals surface area contributed by atoms with Gasteiger partial charge in [-0.2, -0.15) is 0 Å². The fraction of sp³-hybridized carbons (Fsp3) is 0.278. The quantitative estimate of drug-likeness (QED) is 0.484. The van der Waals surface area contributed by atoms with Crippen molar-refractivity contribution in [2.24, 2.45) is 0 Å². The van der Waals surface area contributed by atoms with E-state index in [0.717, 1.165) is 20.9 Å². The number of carbonyl (C=O) groups excluding carboxylic acids is 1. The second-order valence-electron chi connectivity index (χ2n) is 5.32. The Balaban J connectivity index is 1.68. The van der Waals surface area contributed by atoms with E-state index in [-0.39, 0.29) is 5.91 Å². The van der Waals surface area contributed by atoms with Crippen LogP contribution in [0.15, 0.2) is 46.8 Å². The molecule has 0 aliphatic heterocycles. The molecular formula is C18H19N3O2S2. The van der Waals surface area contributed by atoms with Gasteiger partial charge in [-0.15, -0.1) is 10.2 Å². The number of rotatable bonds is 7. The predicted octanol–water partition coefficient (Wildman–Crippen LogP) is 4.60. The largest absolute Gasteiger partial charge is 0.481 e. The van der Waals surface area contributed by atoms with Crippen molar-refractivity contribution >= 4 is 44.9 Å². The minimum absolute atomic E-state index is 0.208. The summed E-state index contributed by atoms with van der Waals surface area (Å²) in [5, 5.41) is 13.6. The maximum absolute atomic E-state index is 12.5. The molecule has 1 aromatic heterocycles. The third kappa shape index (κ3) is 4.49. The molecule has 0 spiro atoms. The number of ether oxygens (including phenoxy) is 1. The summed E-state index contributed by atoms with van der Waals surface area (Å²) in [5.74, 6) is 1.39. The number of hydrogen-bond donors (Lipinski definition) is 1. The molecule has 1 atom stereocenters. The normalized spacial score (nSPS) is 12.1. The highest BCUT2D eigenvalue weighted by molar-refractivity contribution is 8.01. The molecule has 3 aromatic rings. The molecule has 0 aliphatic carbocycles. The molecular weight excluding hydrogens is 354 g/mol. The number of carbonyl (C=O) groups is 1. The number of nitrogens with one attached hydrogen (secondary N) is 1. The van der Waals surface area contributed by atoms with Crippen molar-refractivity contribution in [2.45, 2.75) is 30.7 Å². The average molecular weight is 374 g/mol. The number of fused-ring (bicyclic) bond motifs is 1. The van der Waals surface area contributed by atoms with E-state index in [4.69, 9.17) is 4.74 Å². The molecule has 3 rings (SSSR count). The van der Waals surface area contributed by atoms with Crippen LogP contribution >= 0.6 is 23.1 Å². The standard InChI is InChI=1S/C18H19N3O2S2/c1-3-15(16(22)19-17-20-21-18(25-17)24-4-2)23-14-10-9-12-7-5-6-8-13(12)11-14/h5-11,15H,3-4H2,1-2H3,(H,19,20,22). The Hall–Kier alpha value is -2.12. The number of benzene rings is 2. The Morgan fingerprint density at radius 1 is 1.20 bits per heavy atom. The van der Waals surface area contributed by atoms with Gasteiger partial charge < -0.3 is 4.74 Å².